The summed E-state index contributed by atoms with van der Waals surface area (Å²) in [6, 6.07) is 4.85. The predicted molar refractivity (Wildman–Crippen MR) is 78.4 cm³/mol. The van der Waals surface area contributed by atoms with E-state index in [1.165, 1.54) is 11.8 Å². The number of aromatic nitrogens is 2. The molecule has 1 N–H and O–H groups in total. The molecule has 0 aliphatic heterocycles. The number of anilines is 1. The van der Waals surface area contributed by atoms with E-state index in [4.69, 9.17) is 4.74 Å². The molecule has 1 aromatic heterocycles. The van der Waals surface area contributed by atoms with Gasteiger partial charge >= 0.3 is 0 Å². The van der Waals surface area contributed by atoms with Crippen LogP contribution in [0.15, 0.2) is 29.2 Å². The molecule has 0 saturated heterocycles. The fraction of sp³-hybridized carbons (Fsp3) is 0.250. The van der Waals surface area contributed by atoms with Gasteiger partial charge in [0, 0.05) is 19.2 Å². The number of nitrogens with one attached hydrogen (secondary N) is 1. The van der Waals surface area contributed by atoms with E-state index < -0.39 is 14.9 Å². The third kappa shape index (κ3) is 3.01. The van der Waals surface area contributed by atoms with Crippen LogP contribution in [0.5, 0.6) is 5.75 Å². The van der Waals surface area contributed by atoms with Gasteiger partial charge in [-0.1, -0.05) is 0 Å². The van der Waals surface area contributed by atoms with Gasteiger partial charge in [-0.15, -0.1) is 0 Å². The Morgan fingerprint density at radius 2 is 2.05 bits per heavy atom. The molecule has 0 unspecified atom stereocenters. The standard InChI is InChI=1S/C12H14N4O5S/c1-8-6-12(15(2)13-8)14-22(19,20)11-5-4-9(16(17)18)7-10(11)21-3/h4-7,14H,1-3H3. The summed E-state index contributed by atoms with van der Waals surface area (Å²) in [5.74, 6) is 0.165. The minimum atomic E-state index is -3.97. The smallest absolute Gasteiger partial charge is 0.273 e. The number of benzene rings is 1. The van der Waals surface area contributed by atoms with E-state index in [0.29, 0.717) is 5.69 Å². The molecule has 0 fully saturated rings. The molecule has 10 heteroatoms. The Bertz CT molecular complexity index is 828. The van der Waals surface area contributed by atoms with E-state index in [2.05, 4.69) is 9.82 Å². The topological polar surface area (TPSA) is 116 Å². The molecule has 2 rings (SSSR count). The predicted octanol–water partition coefficient (Wildman–Crippen LogP) is 1.45. The molecule has 22 heavy (non-hydrogen) atoms. The van der Waals surface area contributed by atoms with E-state index in [0.717, 1.165) is 18.2 Å². The van der Waals surface area contributed by atoms with Crippen molar-refractivity contribution in [1.29, 1.82) is 0 Å². The number of methoxy groups -OCH3 is 1. The largest absolute Gasteiger partial charge is 0.495 e. The molecule has 9 nitrogen and oxygen atoms in total. The number of nitro benzene ring substituents is 1. The van der Waals surface area contributed by atoms with E-state index >= 15 is 0 Å². The van der Waals surface area contributed by atoms with Gasteiger partial charge in [-0.2, -0.15) is 5.10 Å². The summed E-state index contributed by atoms with van der Waals surface area (Å²) >= 11 is 0. The van der Waals surface area contributed by atoms with Gasteiger partial charge in [0.25, 0.3) is 15.7 Å². The van der Waals surface area contributed by atoms with Crippen molar-refractivity contribution in [3.8, 4) is 5.75 Å². The number of hydrogen-bond acceptors (Lipinski definition) is 6. The lowest BCUT2D eigenvalue weighted by Gasteiger charge is -2.11. The molecule has 1 aromatic carbocycles. The third-order valence-electron chi connectivity index (χ3n) is 2.89. The van der Waals surface area contributed by atoms with Crippen LogP contribution in [0, 0.1) is 17.0 Å². The van der Waals surface area contributed by atoms with E-state index in [9.17, 15) is 18.5 Å². The zero-order valence-electron chi connectivity index (χ0n) is 12.1. The second-order valence-corrected chi connectivity index (χ2v) is 6.14. The summed E-state index contributed by atoms with van der Waals surface area (Å²) in [5, 5.41) is 14.8. The Labute approximate surface area is 126 Å². The molecule has 0 atom stereocenters. The quantitative estimate of drug-likeness (QED) is 0.656. The van der Waals surface area contributed by atoms with Crippen molar-refractivity contribution >= 4 is 21.5 Å². The lowest BCUT2D eigenvalue weighted by atomic mass is 10.3. The molecular weight excluding hydrogens is 312 g/mol. The van der Waals surface area contributed by atoms with Crippen molar-refractivity contribution in [2.45, 2.75) is 11.8 Å². The molecule has 0 spiro atoms. The Morgan fingerprint density at radius 1 is 1.36 bits per heavy atom. The molecular formula is C12H14N4O5S. The second kappa shape index (κ2) is 5.64. The minimum Gasteiger partial charge on any atom is -0.495 e. The van der Waals surface area contributed by atoms with Gasteiger partial charge in [-0.05, 0) is 13.0 Å². The molecule has 0 bridgehead atoms. The SMILES string of the molecule is COc1cc([N+](=O)[O-])ccc1S(=O)(=O)Nc1cc(C)nn1C. The Balaban J connectivity index is 2.45. The summed E-state index contributed by atoms with van der Waals surface area (Å²) in [7, 11) is -1.13. The average molecular weight is 326 g/mol. The average Bonchev–Trinajstić information content (AvgIpc) is 2.75. The zero-order valence-corrected chi connectivity index (χ0v) is 12.9. The monoisotopic (exact) mass is 326 g/mol. The molecule has 1 heterocycles. The van der Waals surface area contributed by atoms with Crippen LogP contribution in [-0.4, -0.2) is 30.2 Å². The van der Waals surface area contributed by atoms with Crippen LogP contribution in [-0.2, 0) is 17.1 Å². The minimum absolute atomic E-state index is 0.111. The number of nitro groups is 1. The van der Waals surface area contributed by atoms with Crippen molar-refractivity contribution < 1.29 is 18.1 Å². The van der Waals surface area contributed by atoms with Crippen LogP contribution in [0.2, 0.25) is 0 Å². The number of aryl methyl sites for hydroxylation is 2. The van der Waals surface area contributed by atoms with Crippen molar-refractivity contribution in [2.75, 3.05) is 11.8 Å². The molecule has 2 aromatic rings. The first kappa shape index (κ1) is 15.8. The van der Waals surface area contributed by atoms with Crippen LogP contribution in [0.4, 0.5) is 11.5 Å². The van der Waals surface area contributed by atoms with Gasteiger partial charge in [0.2, 0.25) is 0 Å². The first-order valence-electron chi connectivity index (χ1n) is 6.10. The Hall–Kier alpha value is -2.62. The fourth-order valence-electron chi connectivity index (χ4n) is 1.89. The van der Waals surface area contributed by atoms with Crippen LogP contribution in [0.3, 0.4) is 0 Å². The van der Waals surface area contributed by atoms with Crippen LogP contribution in [0.25, 0.3) is 0 Å². The first-order chi connectivity index (χ1) is 10.2. The van der Waals surface area contributed by atoms with Gasteiger partial charge in [-0.25, -0.2) is 8.42 Å². The maximum absolute atomic E-state index is 12.4. The summed E-state index contributed by atoms with van der Waals surface area (Å²) in [6.07, 6.45) is 0. The molecule has 0 aliphatic rings. The molecule has 0 amide bonds. The highest BCUT2D eigenvalue weighted by atomic mass is 32.2. The number of nitrogens with zero attached hydrogens (tertiary/aromatic N) is 3. The van der Waals surface area contributed by atoms with Crippen molar-refractivity contribution in [1.82, 2.24) is 9.78 Å². The number of sulfonamides is 1. The van der Waals surface area contributed by atoms with Gasteiger partial charge < -0.3 is 4.74 Å². The number of ether oxygens (including phenoxy) is 1. The zero-order chi connectivity index (χ0) is 16.5. The van der Waals surface area contributed by atoms with Crippen LogP contribution in [0.1, 0.15) is 5.69 Å². The van der Waals surface area contributed by atoms with Crippen LogP contribution >= 0.6 is 0 Å². The Morgan fingerprint density at radius 3 is 2.55 bits per heavy atom. The summed E-state index contributed by atoms with van der Waals surface area (Å²) in [5.41, 5.74) is 0.392. The van der Waals surface area contributed by atoms with E-state index in [-0.39, 0.29) is 22.2 Å². The highest BCUT2D eigenvalue weighted by Gasteiger charge is 2.23. The number of non-ortho nitro benzene ring substituents is 1. The summed E-state index contributed by atoms with van der Waals surface area (Å²) < 4.78 is 33.5. The normalized spacial score (nSPS) is 11.2. The molecule has 0 radical (unpaired) electrons. The first-order valence-corrected chi connectivity index (χ1v) is 7.59. The maximum Gasteiger partial charge on any atom is 0.273 e. The van der Waals surface area contributed by atoms with Gasteiger partial charge in [-0.3, -0.25) is 19.5 Å². The molecule has 0 saturated carbocycles. The molecule has 118 valence electrons. The summed E-state index contributed by atoms with van der Waals surface area (Å²) in [4.78, 5) is 9.92. The number of hydrogen-bond donors (Lipinski definition) is 1. The van der Waals surface area contributed by atoms with Crippen molar-refractivity contribution in [3.05, 3.63) is 40.1 Å². The van der Waals surface area contributed by atoms with Crippen molar-refractivity contribution in [3.63, 3.8) is 0 Å². The fourth-order valence-corrected chi connectivity index (χ4v) is 3.12. The third-order valence-corrected chi connectivity index (χ3v) is 4.28. The summed E-state index contributed by atoms with van der Waals surface area (Å²) in [6.45, 7) is 1.73. The van der Waals surface area contributed by atoms with Gasteiger partial charge in [0.15, 0.2) is 0 Å². The lowest BCUT2D eigenvalue weighted by Crippen LogP contribution is -2.16. The van der Waals surface area contributed by atoms with Crippen molar-refractivity contribution in [2.24, 2.45) is 7.05 Å². The molecule has 0 aliphatic carbocycles. The van der Waals surface area contributed by atoms with Gasteiger partial charge in [0.1, 0.15) is 16.5 Å². The highest BCUT2D eigenvalue weighted by molar-refractivity contribution is 7.92. The number of rotatable bonds is 5. The maximum atomic E-state index is 12.4. The second-order valence-electron chi connectivity index (χ2n) is 4.49. The lowest BCUT2D eigenvalue weighted by molar-refractivity contribution is -0.385. The Kier molecular flexibility index (Phi) is 4.04. The van der Waals surface area contributed by atoms with E-state index in [1.54, 1.807) is 20.0 Å². The highest BCUT2D eigenvalue weighted by Crippen LogP contribution is 2.29. The van der Waals surface area contributed by atoms with E-state index in [1.807, 2.05) is 0 Å². The van der Waals surface area contributed by atoms with Gasteiger partial charge in [0.05, 0.1) is 23.8 Å². The van der Waals surface area contributed by atoms with Crippen LogP contribution < -0.4 is 9.46 Å².